The third-order valence-electron chi connectivity index (χ3n) is 6.07. The Kier molecular flexibility index (Phi) is 5.89. The first-order chi connectivity index (χ1) is 11.9. The van der Waals surface area contributed by atoms with Crippen molar-refractivity contribution in [3.8, 4) is 0 Å². The molecule has 24 heavy (non-hydrogen) atoms. The van der Waals surface area contributed by atoms with E-state index in [9.17, 15) is 0 Å². The van der Waals surface area contributed by atoms with Gasteiger partial charge in [0.15, 0.2) is 0 Å². The number of nitrogens with zero attached hydrogens (tertiary/aromatic N) is 3. The van der Waals surface area contributed by atoms with E-state index in [0.717, 1.165) is 6.04 Å². The van der Waals surface area contributed by atoms with Crippen molar-refractivity contribution in [2.75, 3.05) is 39.3 Å². The summed E-state index contributed by atoms with van der Waals surface area (Å²) in [5.41, 5.74) is 0. The molecule has 3 saturated heterocycles. The van der Waals surface area contributed by atoms with Crippen LogP contribution in [0.25, 0.3) is 0 Å². The average molecular weight is 348 g/mol. The van der Waals surface area contributed by atoms with Crippen molar-refractivity contribution in [3.05, 3.63) is 21.9 Å². The van der Waals surface area contributed by atoms with E-state index in [-0.39, 0.29) is 0 Å². The third-order valence-corrected chi connectivity index (χ3v) is 7.13. The fourth-order valence-corrected chi connectivity index (χ4v) is 5.78. The predicted molar refractivity (Wildman–Crippen MR) is 103 cm³/mol. The van der Waals surface area contributed by atoms with Crippen LogP contribution in [0.15, 0.2) is 12.1 Å². The lowest BCUT2D eigenvalue weighted by Gasteiger charge is -2.37. The molecule has 1 aromatic rings. The van der Waals surface area contributed by atoms with Crippen molar-refractivity contribution in [1.29, 1.82) is 0 Å². The maximum absolute atomic E-state index is 2.79. The number of piperidine rings is 1. The third kappa shape index (κ3) is 4.40. The Bertz CT molecular complexity index is 503. The molecule has 0 saturated carbocycles. The summed E-state index contributed by atoms with van der Waals surface area (Å²) in [4.78, 5) is 11.3. The Morgan fingerprint density at radius 3 is 2.12 bits per heavy atom. The first kappa shape index (κ1) is 17.0. The van der Waals surface area contributed by atoms with Gasteiger partial charge < -0.3 is 4.90 Å². The highest BCUT2D eigenvalue weighted by Crippen LogP contribution is 2.26. The summed E-state index contributed by atoms with van der Waals surface area (Å²) < 4.78 is 0. The van der Waals surface area contributed by atoms with Crippen molar-refractivity contribution in [2.45, 2.75) is 64.1 Å². The second kappa shape index (κ2) is 8.31. The van der Waals surface area contributed by atoms with E-state index in [1.54, 1.807) is 9.75 Å². The Morgan fingerprint density at radius 1 is 0.750 bits per heavy atom. The van der Waals surface area contributed by atoms with Crippen LogP contribution >= 0.6 is 11.3 Å². The van der Waals surface area contributed by atoms with Crippen molar-refractivity contribution in [2.24, 2.45) is 0 Å². The molecule has 0 aromatic carbocycles. The molecule has 1 aromatic heterocycles. The molecule has 4 rings (SSSR count). The molecule has 0 amide bonds. The van der Waals surface area contributed by atoms with Crippen LogP contribution in [0.5, 0.6) is 0 Å². The van der Waals surface area contributed by atoms with Crippen LogP contribution < -0.4 is 0 Å². The maximum Gasteiger partial charge on any atom is 0.0331 e. The van der Waals surface area contributed by atoms with Gasteiger partial charge in [-0.3, -0.25) is 9.80 Å². The van der Waals surface area contributed by atoms with Gasteiger partial charge in [0.25, 0.3) is 0 Å². The van der Waals surface area contributed by atoms with Crippen LogP contribution in [-0.4, -0.2) is 60.0 Å². The minimum absolute atomic E-state index is 0.793. The van der Waals surface area contributed by atoms with Crippen LogP contribution in [-0.2, 0) is 13.1 Å². The molecule has 0 N–H and O–H groups in total. The zero-order chi connectivity index (χ0) is 16.2. The number of rotatable bonds is 6. The summed E-state index contributed by atoms with van der Waals surface area (Å²) in [6, 6.07) is 5.58. The van der Waals surface area contributed by atoms with Gasteiger partial charge in [-0.25, -0.2) is 0 Å². The highest BCUT2D eigenvalue weighted by Gasteiger charge is 2.26. The van der Waals surface area contributed by atoms with Crippen LogP contribution in [0, 0.1) is 0 Å². The fourth-order valence-electron chi connectivity index (χ4n) is 4.69. The first-order valence-electron chi connectivity index (χ1n) is 10.1. The van der Waals surface area contributed by atoms with Crippen molar-refractivity contribution in [1.82, 2.24) is 14.7 Å². The summed E-state index contributed by atoms with van der Waals surface area (Å²) in [5.74, 6) is 0. The first-order valence-corrected chi connectivity index (χ1v) is 10.9. The summed E-state index contributed by atoms with van der Waals surface area (Å²) in [6.07, 6.45) is 9.84. The van der Waals surface area contributed by atoms with E-state index in [1.165, 1.54) is 97.3 Å². The smallest absolute Gasteiger partial charge is 0.0331 e. The molecule has 4 heterocycles. The lowest BCUT2D eigenvalue weighted by atomic mass is 10.0. The molecular weight excluding hydrogens is 314 g/mol. The number of likely N-dealkylation sites (tertiary alicyclic amines) is 3. The van der Waals surface area contributed by atoms with Gasteiger partial charge in [-0.1, -0.05) is 6.42 Å². The maximum atomic E-state index is 2.79. The minimum Gasteiger partial charge on any atom is -0.302 e. The van der Waals surface area contributed by atoms with Crippen molar-refractivity contribution in [3.63, 3.8) is 0 Å². The van der Waals surface area contributed by atoms with E-state index < -0.39 is 0 Å². The fraction of sp³-hybridized carbons (Fsp3) is 0.800. The molecule has 4 heteroatoms. The van der Waals surface area contributed by atoms with Crippen LogP contribution in [0.3, 0.4) is 0 Å². The summed E-state index contributed by atoms with van der Waals surface area (Å²) in [6.45, 7) is 10.3. The van der Waals surface area contributed by atoms with E-state index >= 15 is 0 Å². The molecule has 0 aliphatic carbocycles. The zero-order valence-electron chi connectivity index (χ0n) is 15.1. The van der Waals surface area contributed by atoms with Gasteiger partial charge in [-0.05, 0) is 83.4 Å². The number of hydrogen-bond donors (Lipinski definition) is 0. The van der Waals surface area contributed by atoms with Gasteiger partial charge in [-0.15, -0.1) is 11.3 Å². The van der Waals surface area contributed by atoms with E-state index in [4.69, 9.17) is 0 Å². The Morgan fingerprint density at radius 2 is 1.38 bits per heavy atom. The van der Waals surface area contributed by atoms with Crippen molar-refractivity contribution >= 4 is 11.3 Å². The highest BCUT2D eigenvalue weighted by molar-refractivity contribution is 7.11. The normalized spacial score (nSPS) is 27.2. The SMILES string of the molecule is c1cc(CN2CCCC[C@H]2CN2CCCC2)sc1CN1CCCC1. The van der Waals surface area contributed by atoms with Crippen LogP contribution in [0.1, 0.15) is 54.7 Å². The standard InChI is InChI=1S/C20H33N3S/c1-2-14-23(18(7-1)15-21-10-3-4-11-21)17-20-9-8-19(24-20)16-22-12-5-6-13-22/h8-9,18H,1-7,10-17H2/t18-/m0/s1. The second-order valence-electron chi connectivity index (χ2n) is 7.98. The molecule has 3 fully saturated rings. The van der Waals surface area contributed by atoms with Gasteiger partial charge in [-0.2, -0.15) is 0 Å². The topological polar surface area (TPSA) is 9.72 Å². The second-order valence-corrected chi connectivity index (χ2v) is 9.23. The minimum atomic E-state index is 0.793. The highest BCUT2D eigenvalue weighted by atomic mass is 32.1. The molecule has 0 unspecified atom stereocenters. The van der Waals surface area contributed by atoms with Gasteiger partial charge in [0.2, 0.25) is 0 Å². The predicted octanol–water partition coefficient (Wildman–Crippen LogP) is 3.79. The molecule has 1 atom stereocenters. The number of hydrogen-bond acceptors (Lipinski definition) is 4. The zero-order valence-corrected chi connectivity index (χ0v) is 15.9. The average Bonchev–Trinajstić information content (AvgIpc) is 3.33. The molecule has 0 radical (unpaired) electrons. The van der Waals surface area contributed by atoms with E-state index in [2.05, 4.69) is 38.2 Å². The van der Waals surface area contributed by atoms with Gasteiger partial charge in [0.1, 0.15) is 0 Å². The van der Waals surface area contributed by atoms with E-state index in [1.807, 2.05) is 0 Å². The molecule has 134 valence electrons. The lowest BCUT2D eigenvalue weighted by Crippen LogP contribution is -2.45. The molecule has 3 nitrogen and oxygen atoms in total. The van der Waals surface area contributed by atoms with Crippen molar-refractivity contribution < 1.29 is 0 Å². The molecule has 3 aliphatic heterocycles. The molecule has 0 spiro atoms. The van der Waals surface area contributed by atoms with Gasteiger partial charge in [0, 0.05) is 35.4 Å². The number of thiophene rings is 1. The van der Waals surface area contributed by atoms with Crippen LogP contribution in [0.2, 0.25) is 0 Å². The largest absolute Gasteiger partial charge is 0.302 e. The summed E-state index contributed by atoms with van der Waals surface area (Å²) in [5, 5.41) is 0. The van der Waals surface area contributed by atoms with Gasteiger partial charge >= 0.3 is 0 Å². The molecule has 0 bridgehead atoms. The quantitative estimate of drug-likeness (QED) is 0.775. The summed E-state index contributed by atoms with van der Waals surface area (Å²) in [7, 11) is 0. The van der Waals surface area contributed by atoms with Gasteiger partial charge in [0.05, 0.1) is 0 Å². The Hall–Kier alpha value is -0.420. The van der Waals surface area contributed by atoms with E-state index in [0.29, 0.717) is 0 Å². The molecular formula is C20H33N3S. The summed E-state index contributed by atoms with van der Waals surface area (Å²) >= 11 is 2.06. The molecule has 3 aliphatic rings. The van der Waals surface area contributed by atoms with Crippen LogP contribution in [0.4, 0.5) is 0 Å². The Labute approximate surface area is 151 Å². The lowest BCUT2D eigenvalue weighted by molar-refractivity contribution is 0.107. The monoisotopic (exact) mass is 347 g/mol. The Balaban J connectivity index is 1.32.